The summed E-state index contributed by atoms with van der Waals surface area (Å²) in [4.78, 5) is 37.0. The van der Waals surface area contributed by atoms with Crippen LogP contribution in [0.3, 0.4) is 0 Å². The minimum absolute atomic E-state index is 0. The van der Waals surface area contributed by atoms with Crippen LogP contribution in [0, 0.1) is 5.92 Å². The Hall–Kier alpha value is -5.54. The lowest BCUT2D eigenvalue weighted by atomic mass is 10.0. The molecule has 0 saturated heterocycles. The molecule has 1 fully saturated rings. The summed E-state index contributed by atoms with van der Waals surface area (Å²) in [6.45, 7) is 1.56. The maximum Gasteiger partial charge on any atom is 0.387 e. The van der Waals surface area contributed by atoms with Gasteiger partial charge in [-0.25, -0.2) is 30.2 Å². The molecule has 1 aromatic heterocycles. The maximum absolute atomic E-state index is 13.4. The summed E-state index contributed by atoms with van der Waals surface area (Å²) in [5.41, 5.74) is 0.836. The predicted molar refractivity (Wildman–Crippen MR) is 274 cm³/mol. The van der Waals surface area contributed by atoms with Crippen molar-refractivity contribution in [2.45, 2.75) is 85.6 Å². The van der Waals surface area contributed by atoms with Gasteiger partial charge in [-0.2, -0.15) is 17.4 Å². The fourth-order valence-electron chi connectivity index (χ4n) is 5.79. The van der Waals surface area contributed by atoms with Crippen molar-refractivity contribution in [3.63, 3.8) is 0 Å². The first kappa shape index (κ1) is 65.6. The molecule has 0 unspecified atom stereocenters. The van der Waals surface area contributed by atoms with Crippen LogP contribution in [0.5, 0.6) is 11.5 Å². The Morgan fingerprint density at radius 1 is 0.720 bits per heavy atom. The van der Waals surface area contributed by atoms with Gasteiger partial charge in [0, 0.05) is 36.8 Å². The Kier molecular flexibility index (Phi) is 26.5. The molecule has 4 aromatic carbocycles. The third-order valence-electron chi connectivity index (χ3n) is 10.8. The van der Waals surface area contributed by atoms with Crippen molar-refractivity contribution in [2.24, 2.45) is 5.92 Å². The number of hydrogen-bond donors (Lipinski definition) is 3. The summed E-state index contributed by atoms with van der Waals surface area (Å²) >= 11 is 12.7. The smallest absolute Gasteiger partial charge is 0.387 e. The number of likely N-dealkylation sites (N-methyl/N-ethyl adjacent to an activating group) is 3. The number of ether oxygens (including phenoxy) is 3. The zero-order valence-electron chi connectivity index (χ0n) is 41.1. The van der Waals surface area contributed by atoms with E-state index in [1.807, 2.05) is 0 Å². The number of carboxylic acids is 2. The molecule has 19 nitrogen and oxygen atoms in total. The minimum atomic E-state index is -4.01. The molecular formula is C48H57Cl3F2N4O15S3. The summed E-state index contributed by atoms with van der Waals surface area (Å²) in [6.07, 6.45) is 3.92. The molecule has 0 spiro atoms. The van der Waals surface area contributed by atoms with Gasteiger partial charge in [0.25, 0.3) is 9.05 Å². The fraction of sp³-hybridized carbons (Fsp3) is 0.333. The van der Waals surface area contributed by atoms with Gasteiger partial charge in [0.15, 0.2) is 23.9 Å². The highest BCUT2D eigenvalue weighted by atomic mass is 35.7. The Morgan fingerprint density at radius 3 is 1.55 bits per heavy atom. The lowest BCUT2D eigenvalue weighted by Crippen LogP contribution is -2.41. The molecule has 5 N–H and O–H groups in total. The highest BCUT2D eigenvalue weighted by Gasteiger charge is 2.34. The summed E-state index contributed by atoms with van der Waals surface area (Å²) in [5.74, 6) is -2.62. The van der Waals surface area contributed by atoms with E-state index in [4.69, 9.17) is 53.6 Å². The number of nitrogens with zero attached hydrogens (tertiary/aromatic N) is 2. The SMILES string of the molecule is CN[C@H](C)C(=O)O.C[C@H](C(=O)O)N(C)S(=O)(=O)c1ccccc1.C[C@H](C(=O)O[C@@H](Cc1c(Cl)c[nH+]cc1Cl)c1ccc(OC(F)F)c(OCC2CC2)c1)N(C)S(=O)(=O)c1ccccc1.O=S(=O)(Cl)c1ccccc1.[OH-]. The Morgan fingerprint density at radius 2 is 1.17 bits per heavy atom. The second kappa shape index (κ2) is 30.3. The average molecular weight is 1170 g/mol. The van der Waals surface area contributed by atoms with E-state index in [1.54, 1.807) is 68.6 Å². The van der Waals surface area contributed by atoms with Crippen molar-refractivity contribution in [3.8, 4) is 11.5 Å². The molecule has 1 saturated carbocycles. The van der Waals surface area contributed by atoms with Gasteiger partial charge in [-0.15, -0.1) is 0 Å². The number of pyridine rings is 1. The summed E-state index contributed by atoms with van der Waals surface area (Å²) in [7, 11) is -2.10. The van der Waals surface area contributed by atoms with Crippen molar-refractivity contribution >= 4 is 80.9 Å². The zero-order chi connectivity index (χ0) is 55.6. The standard InChI is InChI=1S/C28H28Cl2F2N2O6S.C10H13NO4S.C6H5ClO2S.C4H9NO2.H2O/c1-17(34(2)41(36,37)20-6-4-3-5-7-20)27(35)39-25(13-21-22(29)14-33-15-23(21)30)19-10-11-24(40-28(31)32)26(12-19)38-16-18-8-9-18;1-8(10(12)13)11(2)16(14,15)9-6-4-3-5-7-9;7-10(8,9)6-4-2-1-3-5-6;1-3(5-2)4(6)7;/h3-7,10-12,14-15,17-18,25,28H,8-9,13,16H2,1-2H3;3-8H,1-2H3,(H,12,13);1-5H;3,5H,1-2H3,(H,6,7);1H2/t17-,25+;8-;;3-;/m11.1./s1. The number of carbonyl (C=O) groups is 3. The number of carboxylic acid groups (broad SMARTS) is 2. The quantitative estimate of drug-likeness (QED) is 0.0499. The van der Waals surface area contributed by atoms with Gasteiger partial charge in [0.2, 0.25) is 20.0 Å². The van der Waals surface area contributed by atoms with Crippen LogP contribution < -0.4 is 19.8 Å². The summed E-state index contributed by atoms with van der Waals surface area (Å²) < 4.78 is 115. The van der Waals surface area contributed by atoms with Crippen LogP contribution in [0.15, 0.2) is 136 Å². The molecule has 1 aliphatic rings. The van der Waals surface area contributed by atoms with Gasteiger partial charge in [0.1, 0.15) is 34.3 Å². The predicted octanol–water partition coefficient (Wildman–Crippen LogP) is 7.63. The minimum Gasteiger partial charge on any atom is -0.870 e. The number of sulfonamides is 2. The number of benzene rings is 4. The van der Waals surface area contributed by atoms with Gasteiger partial charge in [0.05, 0.1) is 21.3 Å². The summed E-state index contributed by atoms with van der Waals surface area (Å²) in [6, 6.07) is 24.8. The van der Waals surface area contributed by atoms with Crippen LogP contribution in [-0.2, 0) is 54.6 Å². The monoisotopic (exact) mass is 1170 g/mol. The first-order chi connectivity index (χ1) is 34.6. The second-order valence-electron chi connectivity index (χ2n) is 16.1. The molecule has 0 aliphatic heterocycles. The van der Waals surface area contributed by atoms with E-state index < -0.39 is 77.8 Å². The van der Waals surface area contributed by atoms with Gasteiger partial charge in [-0.05, 0) is 101 Å². The van der Waals surface area contributed by atoms with E-state index in [-0.39, 0.29) is 48.1 Å². The van der Waals surface area contributed by atoms with Crippen LogP contribution in [0.4, 0.5) is 8.78 Å². The number of carbonyl (C=O) groups excluding carboxylic acids is 1. The van der Waals surface area contributed by atoms with Crippen molar-refractivity contribution in [2.75, 3.05) is 27.7 Å². The van der Waals surface area contributed by atoms with Crippen LogP contribution in [0.1, 0.15) is 50.8 Å². The third-order valence-corrected chi connectivity index (χ3v) is 16.8. The molecule has 0 bridgehead atoms. The van der Waals surface area contributed by atoms with Crippen LogP contribution in [0.2, 0.25) is 10.0 Å². The van der Waals surface area contributed by atoms with Crippen molar-refractivity contribution in [1.29, 1.82) is 0 Å². The van der Waals surface area contributed by atoms with Crippen LogP contribution in [0.25, 0.3) is 0 Å². The molecular weight excluding hydrogens is 1110 g/mol. The Balaban J connectivity index is 0.000000458. The molecule has 412 valence electrons. The number of alkyl halides is 2. The van der Waals surface area contributed by atoms with Gasteiger partial charge in [-0.3, -0.25) is 14.4 Å². The highest BCUT2D eigenvalue weighted by molar-refractivity contribution is 8.13. The molecule has 0 radical (unpaired) electrons. The lowest BCUT2D eigenvalue weighted by molar-refractivity contribution is -0.377. The van der Waals surface area contributed by atoms with E-state index >= 15 is 0 Å². The maximum atomic E-state index is 13.4. The normalized spacial score (nSPS) is 13.9. The van der Waals surface area contributed by atoms with E-state index in [0.29, 0.717) is 23.7 Å². The third kappa shape index (κ3) is 20.5. The van der Waals surface area contributed by atoms with Crippen LogP contribution in [-0.4, -0.2) is 120 Å². The number of halogens is 5. The van der Waals surface area contributed by atoms with Crippen LogP contribution >= 0.6 is 33.9 Å². The van der Waals surface area contributed by atoms with Gasteiger partial charge >= 0.3 is 24.5 Å². The molecule has 1 heterocycles. The first-order valence-electron chi connectivity index (χ1n) is 22.1. The molecule has 4 atom stereocenters. The Labute approximate surface area is 449 Å². The topological polar surface area (TPSA) is 284 Å². The zero-order valence-corrected chi connectivity index (χ0v) is 45.8. The van der Waals surface area contributed by atoms with Crippen molar-refractivity contribution < 1.29 is 83.3 Å². The highest BCUT2D eigenvalue weighted by Crippen LogP contribution is 2.38. The second-order valence-corrected chi connectivity index (χ2v) is 23.4. The van der Waals surface area contributed by atoms with Crippen molar-refractivity contribution in [1.82, 2.24) is 13.9 Å². The van der Waals surface area contributed by atoms with E-state index in [1.165, 1.54) is 94.9 Å². The molecule has 27 heteroatoms. The van der Waals surface area contributed by atoms with E-state index in [0.717, 1.165) is 21.5 Å². The molecule has 6 rings (SSSR count). The molecule has 1 aliphatic carbocycles. The average Bonchev–Trinajstić information content (AvgIpc) is 4.21. The number of esters is 1. The first-order valence-corrected chi connectivity index (χ1v) is 28.0. The number of hydrogen-bond acceptors (Lipinski definition) is 14. The molecule has 75 heavy (non-hydrogen) atoms. The van der Waals surface area contributed by atoms with Crippen molar-refractivity contribution in [3.05, 3.63) is 143 Å². The Bertz CT molecular complexity index is 2950. The summed E-state index contributed by atoms with van der Waals surface area (Å²) in [5, 5.41) is 20.0. The number of aliphatic carboxylic acids is 2. The van der Waals surface area contributed by atoms with E-state index in [2.05, 4.69) is 15.0 Å². The number of aromatic nitrogens is 1. The largest absolute Gasteiger partial charge is 0.870 e. The molecule has 5 aromatic rings. The lowest BCUT2D eigenvalue weighted by Gasteiger charge is -2.26. The fourth-order valence-corrected chi connectivity index (χ4v) is 9.79. The van der Waals surface area contributed by atoms with E-state index in [9.17, 15) is 48.4 Å². The number of H-pyrrole nitrogens is 1. The van der Waals surface area contributed by atoms with Gasteiger partial charge < -0.3 is 35.2 Å². The van der Waals surface area contributed by atoms with Gasteiger partial charge in [-0.1, -0.05) is 83.9 Å². The molecule has 0 amide bonds. The number of aromatic amines is 1. The number of rotatable bonds is 20. The number of nitrogens with one attached hydrogen (secondary N) is 2.